The van der Waals surface area contributed by atoms with E-state index in [4.69, 9.17) is 0 Å². The SMILES string of the molecule is CNCCC(c1ccsc1)N1CC(C)(C)c2ncccc21. The van der Waals surface area contributed by atoms with Gasteiger partial charge in [-0.3, -0.25) is 4.98 Å². The first kappa shape index (κ1) is 14.5. The second kappa shape index (κ2) is 5.78. The van der Waals surface area contributed by atoms with E-state index in [2.05, 4.69) is 58.0 Å². The Hall–Kier alpha value is -1.39. The highest BCUT2D eigenvalue weighted by Crippen LogP contribution is 2.44. The lowest BCUT2D eigenvalue weighted by molar-refractivity contribution is 0.491. The predicted octanol–water partition coefficient (Wildman–Crippen LogP) is 3.59. The fourth-order valence-corrected chi connectivity index (χ4v) is 3.97. The number of fused-ring (bicyclic) bond motifs is 1. The number of pyridine rings is 1. The molecule has 0 saturated heterocycles. The Morgan fingerprint density at radius 1 is 1.43 bits per heavy atom. The van der Waals surface area contributed by atoms with E-state index in [-0.39, 0.29) is 5.41 Å². The molecule has 0 aromatic carbocycles. The van der Waals surface area contributed by atoms with Crippen molar-refractivity contribution in [2.24, 2.45) is 0 Å². The molecule has 3 rings (SSSR count). The zero-order valence-electron chi connectivity index (χ0n) is 13.0. The molecule has 0 amide bonds. The minimum atomic E-state index is 0.116. The average molecular weight is 301 g/mol. The van der Waals surface area contributed by atoms with Gasteiger partial charge in [0.15, 0.2) is 0 Å². The first-order chi connectivity index (χ1) is 10.1. The second-order valence-corrected chi connectivity index (χ2v) is 7.13. The number of aromatic nitrogens is 1. The molecular weight excluding hydrogens is 278 g/mol. The number of hydrogen-bond donors (Lipinski definition) is 1. The van der Waals surface area contributed by atoms with Crippen molar-refractivity contribution in [1.82, 2.24) is 10.3 Å². The number of nitrogens with one attached hydrogen (secondary N) is 1. The van der Waals surface area contributed by atoms with Crippen LogP contribution in [-0.4, -0.2) is 25.1 Å². The highest BCUT2D eigenvalue weighted by atomic mass is 32.1. The van der Waals surface area contributed by atoms with Crippen molar-refractivity contribution in [3.63, 3.8) is 0 Å². The van der Waals surface area contributed by atoms with Crippen LogP contribution in [0.5, 0.6) is 0 Å². The molecule has 4 heteroatoms. The van der Waals surface area contributed by atoms with E-state index >= 15 is 0 Å². The molecule has 1 aliphatic heterocycles. The van der Waals surface area contributed by atoms with Crippen LogP contribution in [0, 0.1) is 0 Å². The summed E-state index contributed by atoms with van der Waals surface area (Å²) in [6, 6.07) is 6.95. The smallest absolute Gasteiger partial charge is 0.0710 e. The summed E-state index contributed by atoms with van der Waals surface area (Å²) in [5, 5.41) is 7.74. The molecule has 2 aromatic rings. The van der Waals surface area contributed by atoms with Crippen LogP contribution in [0.1, 0.15) is 37.6 Å². The molecule has 1 unspecified atom stereocenters. The Bertz CT molecular complexity index is 592. The minimum absolute atomic E-state index is 0.116. The minimum Gasteiger partial charge on any atom is -0.362 e. The van der Waals surface area contributed by atoms with Crippen molar-refractivity contribution in [3.05, 3.63) is 46.4 Å². The molecule has 0 aliphatic carbocycles. The maximum Gasteiger partial charge on any atom is 0.0710 e. The predicted molar refractivity (Wildman–Crippen MR) is 90.2 cm³/mol. The standard InChI is InChI=1S/C17H23N3S/c1-17(2)12-20(15-5-4-8-19-16(15)17)14(6-9-18-3)13-7-10-21-11-13/h4-5,7-8,10-11,14,18H,6,9,12H2,1-3H3. The fraction of sp³-hybridized carbons (Fsp3) is 0.471. The summed E-state index contributed by atoms with van der Waals surface area (Å²) in [6.45, 7) is 6.64. The quantitative estimate of drug-likeness (QED) is 0.914. The summed E-state index contributed by atoms with van der Waals surface area (Å²) in [5.41, 5.74) is 4.07. The zero-order valence-corrected chi connectivity index (χ0v) is 13.8. The Labute approximate surface area is 131 Å². The molecule has 0 radical (unpaired) electrons. The number of rotatable bonds is 5. The third-order valence-electron chi connectivity index (χ3n) is 4.27. The van der Waals surface area contributed by atoms with Crippen LogP contribution in [0.2, 0.25) is 0 Å². The first-order valence-electron chi connectivity index (χ1n) is 7.52. The molecule has 112 valence electrons. The summed E-state index contributed by atoms with van der Waals surface area (Å²) in [5.74, 6) is 0. The van der Waals surface area contributed by atoms with Gasteiger partial charge in [-0.15, -0.1) is 0 Å². The lowest BCUT2D eigenvalue weighted by atomic mass is 9.91. The van der Waals surface area contributed by atoms with E-state index in [1.165, 1.54) is 16.9 Å². The Morgan fingerprint density at radius 2 is 2.29 bits per heavy atom. The molecule has 21 heavy (non-hydrogen) atoms. The van der Waals surface area contributed by atoms with Crippen LogP contribution < -0.4 is 10.2 Å². The van der Waals surface area contributed by atoms with Crippen LogP contribution in [-0.2, 0) is 5.41 Å². The van der Waals surface area contributed by atoms with E-state index in [1.54, 1.807) is 11.3 Å². The van der Waals surface area contributed by atoms with Crippen molar-refractivity contribution in [2.75, 3.05) is 25.0 Å². The van der Waals surface area contributed by atoms with Crippen LogP contribution in [0.15, 0.2) is 35.2 Å². The molecule has 0 bridgehead atoms. The van der Waals surface area contributed by atoms with Gasteiger partial charge in [-0.05, 0) is 54.5 Å². The van der Waals surface area contributed by atoms with Crippen LogP contribution in [0.4, 0.5) is 5.69 Å². The van der Waals surface area contributed by atoms with Gasteiger partial charge in [0.1, 0.15) is 0 Å². The van der Waals surface area contributed by atoms with Gasteiger partial charge in [0.25, 0.3) is 0 Å². The third-order valence-corrected chi connectivity index (χ3v) is 4.98. The molecule has 2 aromatic heterocycles. The van der Waals surface area contributed by atoms with Gasteiger partial charge in [-0.1, -0.05) is 13.8 Å². The second-order valence-electron chi connectivity index (χ2n) is 6.35. The topological polar surface area (TPSA) is 28.2 Å². The zero-order chi connectivity index (χ0) is 14.9. The van der Waals surface area contributed by atoms with E-state index in [9.17, 15) is 0 Å². The molecule has 1 atom stereocenters. The molecule has 0 spiro atoms. The highest BCUT2D eigenvalue weighted by molar-refractivity contribution is 7.08. The molecular formula is C17H23N3S. The average Bonchev–Trinajstić information content (AvgIpc) is 3.08. The number of thiophene rings is 1. The molecule has 0 saturated carbocycles. The van der Waals surface area contributed by atoms with Gasteiger partial charge in [0.05, 0.1) is 17.4 Å². The maximum atomic E-state index is 4.65. The van der Waals surface area contributed by atoms with Gasteiger partial charge in [-0.2, -0.15) is 11.3 Å². The number of nitrogens with zero attached hydrogens (tertiary/aromatic N) is 2. The molecule has 1 N–H and O–H groups in total. The van der Waals surface area contributed by atoms with Crippen molar-refractivity contribution >= 4 is 17.0 Å². The van der Waals surface area contributed by atoms with Gasteiger partial charge in [-0.25, -0.2) is 0 Å². The van der Waals surface area contributed by atoms with Crippen molar-refractivity contribution in [1.29, 1.82) is 0 Å². The van der Waals surface area contributed by atoms with Crippen LogP contribution >= 0.6 is 11.3 Å². The Morgan fingerprint density at radius 3 is 3.00 bits per heavy atom. The summed E-state index contributed by atoms with van der Waals surface area (Å²) in [4.78, 5) is 7.19. The Kier molecular flexibility index (Phi) is 4.00. The van der Waals surface area contributed by atoms with Crippen molar-refractivity contribution in [2.45, 2.75) is 31.7 Å². The number of hydrogen-bond acceptors (Lipinski definition) is 4. The molecule has 3 nitrogen and oxygen atoms in total. The molecule has 3 heterocycles. The third kappa shape index (κ3) is 2.70. The monoisotopic (exact) mass is 301 g/mol. The molecule has 0 fully saturated rings. The van der Waals surface area contributed by atoms with Gasteiger partial charge >= 0.3 is 0 Å². The Balaban J connectivity index is 1.97. The summed E-state index contributed by atoms with van der Waals surface area (Å²) < 4.78 is 0. The highest BCUT2D eigenvalue weighted by Gasteiger charge is 2.39. The van der Waals surface area contributed by atoms with E-state index in [0.29, 0.717) is 6.04 Å². The van der Waals surface area contributed by atoms with E-state index in [1.807, 2.05) is 13.2 Å². The normalized spacial score (nSPS) is 17.8. The maximum absolute atomic E-state index is 4.65. The summed E-state index contributed by atoms with van der Waals surface area (Å²) >= 11 is 1.78. The summed E-state index contributed by atoms with van der Waals surface area (Å²) in [7, 11) is 2.02. The van der Waals surface area contributed by atoms with Crippen molar-refractivity contribution < 1.29 is 0 Å². The van der Waals surface area contributed by atoms with Gasteiger partial charge in [0.2, 0.25) is 0 Å². The fourth-order valence-electron chi connectivity index (χ4n) is 3.26. The van der Waals surface area contributed by atoms with Gasteiger partial charge < -0.3 is 10.2 Å². The van der Waals surface area contributed by atoms with Crippen molar-refractivity contribution in [3.8, 4) is 0 Å². The van der Waals surface area contributed by atoms with Gasteiger partial charge in [0, 0.05) is 18.2 Å². The first-order valence-corrected chi connectivity index (χ1v) is 8.46. The molecule has 1 aliphatic rings. The summed E-state index contributed by atoms with van der Waals surface area (Å²) in [6.07, 6.45) is 3.02. The number of anilines is 1. The van der Waals surface area contributed by atoms with E-state index < -0.39 is 0 Å². The van der Waals surface area contributed by atoms with Crippen LogP contribution in [0.3, 0.4) is 0 Å². The lowest BCUT2D eigenvalue weighted by Gasteiger charge is -2.31. The lowest BCUT2D eigenvalue weighted by Crippen LogP contribution is -2.33. The largest absolute Gasteiger partial charge is 0.362 e. The van der Waals surface area contributed by atoms with E-state index in [0.717, 1.165) is 19.5 Å². The van der Waals surface area contributed by atoms with Crippen LogP contribution in [0.25, 0.3) is 0 Å².